The summed E-state index contributed by atoms with van der Waals surface area (Å²) in [5.74, 6) is 0.956. The highest BCUT2D eigenvalue weighted by molar-refractivity contribution is 5.90. The van der Waals surface area contributed by atoms with Crippen molar-refractivity contribution in [3.63, 3.8) is 0 Å². The topological polar surface area (TPSA) is 65.0 Å². The number of ketones is 1. The third-order valence-electron chi connectivity index (χ3n) is 3.67. The molecular formula is C14H17NO4. The smallest absolute Gasteiger partial charge is 0.185 e. The molecule has 102 valence electrons. The molecule has 1 fully saturated rings. The summed E-state index contributed by atoms with van der Waals surface area (Å²) >= 11 is 0. The molecule has 1 atom stereocenters. The number of rotatable bonds is 4. The van der Waals surface area contributed by atoms with Crippen molar-refractivity contribution in [3.05, 3.63) is 28.7 Å². The lowest BCUT2D eigenvalue weighted by Crippen LogP contribution is -2.36. The average Bonchev–Trinajstić information content (AvgIpc) is 2.47. The van der Waals surface area contributed by atoms with Crippen LogP contribution in [0.5, 0.6) is 11.5 Å². The monoisotopic (exact) mass is 263 g/mol. The standard InChI is InChI=1S/C14H17NO4/c1-18-11-7-6-10(9-12(11)19-2)14(15-17)8-4-3-5-13(14)16/h6-7,9H,3-5,8H2,1-2H3. The molecule has 1 aliphatic rings. The molecular weight excluding hydrogens is 246 g/mol. The summed E-state index contributed by atoms with van der Waals surface area (Å²) in [6.07, 6.45) is 2.51. The van der Waals surface area contributed by atoms with Gasteiger partial charge in [-0.15, -0.1) is 4.91 Å². The van der Waals surface area contributed by atoms with Crippen LogP contribution in [0, 0.1) is 4.91 Å². The fourth-order valence-electron chi connectivity index (χ4n) is 2.56. The first-order valence-electron chi connectivity index (χ1n) is 6.28. The predicted molar refractivity (Wildman–Crippen MR) is 70.5 cm³/mol. The lowest BCUT2D eigenvalue weighted by atomic mass is 9.76. The molecule has 1 unspecified atom stereocenters. The molecule has 1 aromatic carbocycles. The molecule has 1 aliphatic carbocycles. The van der Waals surface area contributed by atoms with Crippen LogP contribution in [0.25, 0.3) is 0 Å². The molecule has 0 bridgehead atoms. The van der Waals surface area contributed by atoms with Crippen molar-refractivity contribution < 1.29 is 14.3 Å². The molecule has 5 nitrogen and oxygen atoms in total. The predicted octanol–water partition coefficient (Wildman–Crippen LogP) is 2.81. The highest BCUT2D eigenvalue weighted by atomic mass is 16.5. The maximum atomic E-state index is 12.1. The molecule has 0 aromatic heterocycles. The summed E-state index contributed by atoms with van der Waals surface area (Å²) in [6.45, 7) is 0. The Balaban J connectivity index is 2.49. The molecule has 2 rings (SSSR count). The largest absolute Gasteiger partial charge is 0.493 e. The summed E-state index contributed by atoms with van der Waals surface area (Å²) in [5, 5.41) is 3.17. The lowest BCUT2D eigenvalue weighted by Gasteiger charge is -2.29. The van der Waals surface area contributed by atoms with E-state index >= 15 is 0 Å². The van der Waals surface area contributed by atoms with E-state index in [0.717, 1.165) is 12.8 Å². The second kappa shape index (κ2) is 5.38. The number of benzene rings is 1. The van der Waals surface area contributed by atoms with Crippen molar-refractivity contribution >= 4 is 5.78 Å². The third-order valence-corrected chi connectivity index (χ3v) is 3.67. The van der Waals surface area contributed by atoms with E-state index in [-0.39, 0.29) is 5.78 Å². The Kier molecular flexibility index (Phi) is 3.83. The number of Topliss-reactive ketones (excluding diaryl/α,β-unsaturated/α-hetero) is 1. The van der Waals surface area contributed by atoms with E-state index in [1.54, 1.807) is 18.2 Å². The average molecular weight is 263 g/mol. The quantitative estimate of drug-likeness (QED) is 0.783. The van der Waals surface area contributed by atoms with Crippen molar-refractivity contribution in [1.29, 1.82) is 0 Å². The van der Waals surface area contributed by atoms with Crippen LogP contribution in [0.1, 0.15) is 31.2 Å². The lowest BCUT2D eigenvalue weighted by molar-refractivity contribution is -0.126. The van der Waals surface area contributed by atoms with Gasteiger partial charge in [-0.25, -0.2) is 0 Å². The van der Waals surface area contributed by atoms with E-state index in [1.165, 1.54) is 14.2 Å². The number of carbonyl (C=O) groups is 1. The van der Waals surface area contributed by atoms with E-state index in [4.69, 9.17) is 9.47 Å². The zero-order valence-corrected chi connectivity index (χ0v) is 11.1. The van der Waals surface area contributed by atoms with Crippen molar-refractivity contribution in [2.45, 2.75) is 31.2 Å². The number of hydrogen-bond donors (Lipinski definition) is 0. The second-order valence-corrected chi connectivity index (χ2v) is 4.65. The van der Waals surface area contributed by atoms with E-state index in [2.05, 4.69) is 5.18 Å². The first kappa shape index (κ1) is 13.5. The van der Waals surface area contributed by atoms with Gasteiger partial charge in [-0.05, 0) is 37.0 Å². The molecule has 0 aliphatic heterocycles. The first-order valence-corrected chi connectivity index (χ1v) is 6.28. The third kappa shape index (κ3) is 2.20. The summed E-state index contributed by atoms with van der Waals surface area (Å²) < 4.78 is 10.4. The fourth-order valence-corrected chi connectivity index (χ4v) is 2.56. The first-order chi connectivity index (χ1) is 9.17. The van der Waals surface area contributed by atoms with Crippen LogP contribution >= 0.6 is 0 Å². The molecule has 19 heavy (non-hydrogen) atoms. The Morgan fingerprint density at radius 1 is 1.16 bits per heavy atom. The highest BCUT2D eigenvalue weighted by Crippen LogP contribution is 2.41. The minimum absolute atomic E-state index is 0.110. The number of methoxy groups -OCH3 is 2. The Bertz CT molecular complexity index is 500. The zero-order chi connectivity index (χ0) is 13.9. The van der Waals surface area contributed by atoms with E-state index in [0.29, 0.717) is 29.9 Å². The van der Waals surface area contributed by atoms with Gasteiger partial charge < -0.3 is 9.47 Å². The van der Waals surface area contributed by atoms with Crippen LogP contribution in [-0.2, 0) is 10.3 Å². The minimum Gasteiger partial charge on any atom is -0.493 e. The van der Waals surface area contributed by atoms with Crippen molar-refractivity contribution in [2.75, 3.05) is 14.2 Å². The van der Waals surface area contributed by atoms with Gasteiger partial charge in [0.2, 0.25) is 0 Å². The zero-order valence-electron chi connectivity index (χ0n) is 11.1. The Labute approximate surface area is 111 Å². The Morgan fingerprint density at radius 2 is 1.89 bits per heavy atom. The number of hydrogen-bond acceptors (Lipinski definition) is 5. The minimum atomic E-state index is -1.25. The molecule has 0 N–H and O–H groups in total. The Hall–Kier alpha value is -1.91. The number of nitroso groups, excluding NO2 is 1. The maximum Gasteiger partial charge on any atom is 0.185 e. The van der Waals surface area contributed by atoms with Gasteiger partial charge in [-0.2, -0.15) is 0 Å². The number of nitrogens with zero attached hydrogens (tertiary/aromatic N) is 1. The van der Waals surface area contributed by atoms with Gasteiger partial charge in [0.15, 0.2) is 22.8 Å². The fraction of sp³-hybridized carbons (Fsp3) is 0.500. The van der Waals surface area contributed by atoms with E-state index in [1.807, 2.05) is 0 Å². The van der Waals surface area contributed by atoms with Gasteiger partial charge >= 0.3 is 0 Å². The summed E-state index contributed by atoms with van der Waals surface area (Å²) in [5.41, 5.74) is -0.664. The normalized spacial score (nSPS) is 22.9. The maximum absolute atomic E-state index is 12.1. The van der Waals surface area contributed by atoms with Crippen molar-refractivity contribution in [3.8, 4) is 11.5 Å². The molecule has 0 heterocycles. The van der Waals surface area contributed by atoms with Crippen LogP contribution in [0.4, 0.5) is 0 Å². The van der Waals surface area contributed by atoms with Crippen LogP contribution in [0.3, 0.4) is 0 Å². The van der Waals surface area contributed by atoms with E-state index in [9.17, 15) is 9.70 Å². The Morgan fingerprint density at radius 3 is 2.47 bits per heavy atom. The number of ether oxygens (including phenoxy) is 2. The van der Waals surface area contributed by atoms with Gasteiger partial charge in [0.05, 0.1) is 14.2 Å². The summed E-state index contributed by atoms with van der Waals surface area (Å²) in [6, 6.07) is 5.08. The van der Waals surface area contributed by atoms with Gasteiger partial charge in [-0.3, -0.25) is 4.79 Å². The van der Waals surface area contributed by atoms with Gasteiger partial charge in [0, 0.05) is 6.42 Å². The van der Waals surface area contributed by atoms with Crippen molar-refractivity contribution in [1.82, 2.24) is 0 Å². The van der Waals surface area contributed by atoms with E-state index < -0.39 is 5.54 Å². The second-order valence-electron chi connectivity index (χ2n) is 4.65. The van der Waals surface area contributed by atoms with Gasteiger partial charge in [0.25, 0.3) is 0 Å². The van der Waals surface area contributed by atoms with Crippen molar-refractivity contribution in [2.24, 2.45) is 5.18 Å². The molecule has 0 radical (unpaired) electrons. The molecule has 0 spiro atoms. The van der Waals surface area contributed by atoms with Gasteiger partial charge in [-0.1, -0.05) is 11.2 Å². The molecule has 1 saturated carbocycles. The SMILES string of the molecule is COc1ccc(C2(N=O)CCCCC2=O)cc1OC. The summed E-state index contributed by atoms with van der Waals surface area (Å²) in [4.78, 5) is 23.4. The van der Waals surface area contributed by atoms with Crippen LogP contribution in [0.2, 0.25) is 0 Å². The van der Waals surface area contributed by atoms with Crippen LogP contribution in [-0.4, -0.2) is 20.0 Å². The molecule has 5 heteroatoms. The number of carbonyl (C=O) groups excluding carboxylic acids is 1. The molecule has 0 saturated heterocycles. The molecule has 0 amide bonds. The van der Waals surface area contributed by atoms with Crippen LogP contribution < -0.4 is 9.47 Å². The van der Waals surface area contributed by atoms with Crippen LogP contribution in [0.15, 0.2) is 23.4 Å². The molecule has 1 aromatic rings. The highest BCUT2D eigenvalue weighted by Gasteiger charge is 2.43. The summed E-state index contributed by atoms with van der Waals surface area (Å²) in [7, 11) is 3.06. The van der Waals surface area contributed by atoms with Gasteiger partial charge in [0.1, 0.15) is 0 Å².